The summed E-state index contributed by atoms with van der Waals surface area (Å²) in [6, 6.07) is 5.23. The van der Waals surface area contributed by atoms with Crippen LogP contribution in [0, 0.1) is 11.8 Å². The van der Waals surface area contributed by atoms with E-state index in [1.54, 1.807) is 6.07 Å². The van der Waals surface area contributed by atoms with Crippen LogP contribution in [0.3, 0.4) is 0 Å². The Labute approximate surface area is 140 Å². The van der Waals surface area contributed by atoms with E-state index < -0.39 is 33.4 Å². The van der Waals surface area contributed by atoms with Crippen molar-refractivity contribution >= 4 is 38.2 Å². The maximum atomic E-state index is 13.8. The lowest BCUT2D eigenvalue weighted by molar-refractivity contribution is 0.360. The third kappa shape index (κ3) is 2.87. The van der Waals surface area contributed by atoms with Crippen LogP contribution in [0.15, 0.2) is 35.4 Å². The molecule has 0 amide bonds. The number of ether oxygens (including phenoxy) is 1. The number of benzene rings is 1. The molecule has 1 aromatic carbocycles. The Hall–Kier alpha value is -2.39. The van der Waals surface area contributed by atoms with Gasteiger partial charge in [-0.15, -0.1) is 0 Å². The van der Waals surface area contributed by atoms with Gasteiger partial charge in [-0.3, -0.25) is 4.72 Å². The fourth-order valence-electron chi connectivity index (χ4n) is 2.16. The molecule has 2 aromatic heterocycles. The molecule has 0 aliphatic rings. The Morgan fingerprint density at radius 3 is 2.75 bits per heavy atom. The Morgan fingerprint density at radius 2 is 2.04 bits per heavy atom. The van der Waals surface area contributed by atoms with Crippen molar-refractivity contribution in [3.05, 3.63) is 47.2 Å². The predicted molar refractivity (Wildman–Crippen MR) is 84.8 cm³/mol. The summed E-state index contributed by atoms with van der Waals surface area (Å²) in [4.78, 5) is 5.84. The molecule has 3 aromatic rings. The monoisotopic (exact) mass is 373 g/mol. The largest absolute Gasteiger partial charge is 0.479 e. The van der Waals surface area contributed by atoms with Gasteiger partial charge in [-0.2, -0.15) is 9.37 Å². The highest BCUT2D eigenvalue weighted by Crippen LogP contribution is 2.28. The molecule has 0 aliphatic heterocycles. The average molecular weight is 374 g/mol. The van der Waals surface area contributed by atoms with Gasteiger partial charge in [-0.1, -0.05) is 11.6 Å². The molecule has 0 atom stereocenters. The lowest BCUT2D eigenvalue weighted by Crippen LogP contribution is -2.14. The number of fused-ring (bicyclic) bond motifs is 1. The molecule has 0 saturated carbocycles. The summed E-state index contributed by atoms with van der Waals surface area (Å²) in [7, 11) is -3.06. The number of anilines is 1. The van der Waals surface area contributed by atoms with Gasteiger partial charge in [0.25, 0.3) is 15.9 Å². The van der Waals surface area contributed by atoms with E-state index >= 15 is 0 Å². The Morgan fingerprint density at radius 1 is 1.29 bits per heavy atom. The second-order valence-electron chi connectivity index (χ2n) is 4.77. The Balaban J connectivity index is 2.04. The number of nitrogens with zero attached hydrogens (tertiary/aromatic N) is 1. The summed E-state index contributed by atoms with van der Waals surface area (Å²) < 4.78 is 58.9. The molecule has 0 saturated heterocycles. The molecule has 0 bridgehead atoms. The van der Waals surface area contributed by atoms with E-state index in [0.29, 0.717) is 22.0 Å². The molecular weight excluding hydrogens is 364 g/mol. The van der Waals surface area contributed by atoms with Crippen LogP contribution in [0.1, 0.15) is 0 Å². The number of aromatic amines is 1. The number of aromatic nitrogens is 2. The zero-order valence-corrected chi connectivity index (χ0v) is 13.7. The van der Waals surface area contributed by atoms with Crippen LogP contribution in [-0.4, -0.2) is 25.5 Å². The molecule has 0 radical (unpaired) electrons. The second-order valence-corrected chi connectivity index (χ2v) is 6.85. The van der Waals surface area contributed by atoms with Crippen LogP contribution in [0.2, 0.25) is 5.02 Å². The minimum atomic E-state index is -4.18. The molecule has 3 rings (SSSR count). The van der Waals surface area contributed by atoms with Crippen molar-refractivity contribution in [1.82, 2.24) is 9.97 Å². The number of H-pyrrole nitrogens is 1. The molecule has 126 valence electrons. The first-order valence-electron chi connectivity index (χ1n) is 6.51. The van der Waals surface area contributed by atoms with Crippen molar-refractivity contribution in [3.63, 3.8) is 0 Å². The molecule has 0 unspecified atom stereocenters. The van der Waals surface area contributed by atoms with Crippen LogP contribution < -0.4 is 9.46 Å². The molecule has 24 heavy (non-hydrogen) atoms. The van der Waals surface area contributed by atoms with Gasteiger partial charge in [0.05, 0.1) is 7.11 Å². The van der Waals surface area contributed by atoms with Crippen LogP contribution >= 0.6 is 11.6 Å². The van der Waals surface area contributed by atoms with Crippen molar-refractivity contribution in [2.75, 3.05) is 11.8 Å². The summed E-state index contributed by atoms with van der Waals surface area (Å²) in [5.74, 6) is -2.78. The molecule has 0 spiro atoms. The minimum absolute atomic E-state index is 0.134. The molecular formula is C14H10ClF2N3O3S. The van der Waals surface area contributed by atoms with Crippen LogP contribution in [0.5, 0.6) is 5.88 Å². The van der Waals surface area contributed by atoms with Gasteiger partial charge >= 0.3 is 0 Å². The molecule has 0 fully saturated rings. The van der Waals surface area contributed by atoms with Crippen molar-refractivity contribution in [1.29, 1.82) is 0 Å². The van der Waals surface area contributed by atoms with Gasteiger partial charge in [-0.05, 0) is 18.2 Å². The first-order chi connectivity index (χ1) is 11.3. The van der Waals surface area contributed by atoms with Gasteiger partial charge in [0.15, 0.2) is 5.82 Å². The number of sulfonamides is 1. The lowest BCUT2D eigenvalue weighted by atomic mass is 10.2. The first kappa shape index (κ1) is 16.5. The maximum absolute atomic E-state index is 13.8. The zero-order valence-electron chi connectivity index (χ0n) is 12.1. The third-order valence-corrected chi connectivity index (χ3v) is 4.87. The van der Waals surface area contributed by atoms with Crippen LogP contribution in [0.4, 0.5) is 14.5 Å². The van der Waals surface area contributed by atoms with E-state index in [1.807, 2.05) is 4.72 Å². The third-order valence-electron chi connectivity index (χ3n) is 3.23. The zero-order chi connectivity index (χ0) is 17.5. The standard InChI is InChI=1S/C14H10ClF2N3O3S/c1-23-14-9(16)5-11(13(17)19-14)20-24(21,22)12-6-18-10-4-7(15)2-3-8(10)12/h2-6,18,20H,1H3. The molecule has 2 N–H and O–H groups in total. The minimum Gasteiger partial charge on any atom is -0.479 e. The van der Waals surface area contributed by atoms with Crippen molar-refractivity contribution < 1.29 is 21.9 Å². The van der Waals surface area contributed by atoms with Crippen molar-refractivity contribution in [2.24, 2.45) is 0 Å². The Kier molecular flexibility index (Phi) is 4.06. The van der Waals surface area contributed by atoms with Crippen LogP contribution in [-0.2, 0) is 10.0 Å². The first-order valence-corrected chi connectivity index (χ1v) is 8.37. The average Bonchev–Trinajstić information content (AvgIpc) is 2.94. The van der Waals surface area contributed by atoms with Gasteiger partial charge in [-0.25, -0.2) is 12.8 Å². The normalized spacial score (nSPS) is 11.7. The summed E-state index contributed by atoms with van der Waals surface area (Å²) in [5, 5.41) is 0.781. The van der Waals surface area contributed by atoms with E-state index in [0.717, 1.165) is 7.11 Å². The van der Waals surface area contributed by atoms with E-state index in [2.05, 4.69) is 14.7 Å². The summed E-state index contributed by atoms with van der Waals surface area (Å²) in [6.45, 7) is 0. The lowest BCUT2D eigenvalue weighted by Gasteiger charge is -2.09. The van der Waals surface area contributed by atoms with Crippen molar-refractivity contribution in [2.45, 2.75) is 4.90 Å². The smallest absolute Gasteiger partial charge is 0.264 e. The summed E-state index contributed by atoms with van der Waals surface area (Å²) >= 11 is 5.84. The summed E-state index contributed by atoms with van der Waals surface area (Å²) in [5.41, 5.74) is -0.140. The number of rotatable bonds is 4. The fourth-order valence-corrected chi connectivity index (χ4v) is 3.56. The summed E-state index contributed by atoms with van der Waals surface area (Å²) in [6.07, 6.45) is 1.23. The molecule has 6 nitrogen and oxygen atoms in total. The van der Waals surface area contributed by atoms with Gasteiger partial charge < -0.3 is 9.72 Å². The van der Waals surface area contributed by atoms with Gasteiger partial charge in [0.2, 0.25) is 5.95 Å². The quantitative estimate of drug-likeness (QED) is 0.687. The van der Waals surface area contributed by atoms with Crippen LogP contribution in [0.25, 0.3) is 10.9 Å². The Bertz CT molecular complexity index is 1040. The fraction of sp³-hybridized carbons (Fsp3) is 0.0714. The molecule has 2 heterocycles. The SMILES string of the molecule is COc1nc(F)c(NS(=O)(=O)c2c[nH]c3cc(Cl)ccc23)cc1F. The molecule has 10 heteroatoms. The van der Waals surface area contributed by atoms with Crippen molar-refractivity contribution in [3.8, 4) is 5.88 Å². The molecule has 0 aliphatic carbocycles. The topological polar surface area (TPSA) is 84.1 Å². The number of methoxy groups -OCH3 is 1. The second kappa shape index (κ2) is 5.91. The van der Waals surface area contributed by atoms with Gasteiger partial charge in [0.1, 0.15) is 10.6 Å². The maximum Gasteiger partial charge on any atom is 0.264 e. The number of hydrogen-bond acceptors (Lipinski definition) is 4. The van der Waals surface area contributed by atoms with Gasteiger partial charge in [0, 0.05) is 28.2 Å². The number of nitrogens with one attached hydrogen (secondary N) is 2. The van der Waals surface area contributed by atoms with E-state index in [4.69, 9.17) is 11.6 Å². The highest BCUT2D eigenvalue weighted by Gasteiger charge is 2.22. The highest BCUT2D eigenvalue weighted by atomic mass is 35.5. The van der Waals surface area contributed by atoms with E-state index in [1.165, 1.54) is 18.3 Å². The number of halogens is 3. The predicted octanol–water partition coefficient (Wildman–Crippen LogP) is 3.30. The number of pyridine rings is 1. The number of hydrogen-bond donors (Lipinski definition) is 2. The highest BCUT2D eigenvalue weighted by molar-refractivity contribution is 7.93. The van der Waals surface area contributed by atoms with E-state index in [9.17, 15) is 17.2 Å². The van der Waals surface area contributed by atoms with E-state index in [-0.39, 0.29) is 4.90 Å².